The molecule has 1 saturated heterocycles. The number of nitrogens with zero attached hydrogens (tertiary/aromatic N) is 3. The molecular weight excluding hydrogens is 476 g/mol. The molecule has 2 aromatic rings. The first-order chi connectivity index (χ1) is 15.9. The second-order valence-electron chi connectivity index (χ2n) is 8.03. The summed E-state index contributed by atoms with van der Waals surface area (Å²) in [5.41, 5.74) is -4.24. The number of nitrogens with one attached hydrogen (secondary N) is 1. The quantitative estimate of drug-likeness (QED) is 0.508. The van der Waals surface area contributed by atoms with Gasteiger partial charge in [-0.25, -0.2) is 4.39 Å². The van der Waals surface area contributed by atoms with Gasteiger partial charge in [0.15, 0.2) is 10.9 Å². The summed E-state index contributed by atoms with van der Waals surface area (Å²) in [6, 6.07) is 7.49. The number of nitriles is 1. The van der Waals surface area contributed by atoms with E-state index in [1.807, 2.05) is 0 Å². The molecule has 176 valence electrons. The summed E-state index contributed by atoms with van der Waals surface area (Å²) in [6.45, 7) is 3.46. The monoisotopic (exact) mass is 492 g/mol. The third-order valence-corrected chi connectivity index (χ3v) is 5.91. The largest absolute Gasteiger partial charge is 0.491 e. The summed E-state index contributed by atoms with van der Waals surface area (Å²) in [7, 11) is 0. The van der Waals surface area contributed by atoms with Gasteiger partial charge in [0.1, 0.15) is 23.5 Å². The lowest BCUT2D eigenvalue weighted by Crippen LogP contribution is -2.44. The van der Waals surface area contributed by atoms with Gasteiger partial charge in [-0.15, -0.1) is 0 Å². The normalized spacial score (nSPS) is 17.6. The van der Waals surface area contributed by atoms with Gasteiger partial charge in [-0.1, -0.05) is 0 Å². The number of carbonyl (C=O) groups is 2. The Balaban J connectivity index is 1.83. The molecule has 1 N–H and O–H groups in total. The first-order valence-corrected chi connectivity index (χ1v) is 10.3. The molecule has 0 saturated carbocycles. The first-order valence-electron chi connectivity index (χ1n) is 9.93. The van der Waals surface area contributed by atoms with Crippen LogP contribution < -0.4 is 19.9 Å². The van der Waals surface area contributed by atoms with E-state index in [9.17, 15) is 22.8 Å². The van der Waals surface area contributed by atoms with Gasteiger partial charge in [0.2, 0.25) is 0 Å². The molecule has 0 aliphatic carbocycles. The molecule has 2 amide bonds. The standard InChI is InChI=1S/C22H16F4N4O3S/c1-21(2)19(32)29(14-6-3-11(10-27)16(17(14)23)22(24,25)26)20(34)30(21)12-4-5-13-15(9-12)33-8-7-28-18(13)31/h3-6,9H,7-8H2,1-2H3,(H,28,31). The maximum Gasteiger partial charge on any atom is 0.420 e. The van der Waals surface area contributed by atoms with Crippen LogP contribution >= 0.6 is 12.2 Å². The van der Waals surface area contributed by atoms with Crippen molar-refractivity contribution in [1.82, 2.24) is 5.32 Å². The number of ether oxygens (including phenoxy) is 1. The van der Waals surface area contributed by atoms with E-state index >= 15 is 4.39 Å². The zero-order valence-electron chi connectivity index (χ0n) is 17.8. The second-order valence-corrected chi connectivity index (χ2v) is 8.40. The van der Waals surface area contributed by atoms with Crippen molar-refractivity contribution in [3.05, 3.63) is 52.8 Å². The molecular formula is C22H16F4N4O3S. The third-order valence-electron chi connectivity index (χ3n) is 5.55. The number of rotatable bonds is 2. The van der Waals surface area contributed by atoms with E-state index in [1.165, 1.54) is 43.0 Å². The highest BCUT2D eigenvalue weighted by molar-refractivity contribution is 7.81. The maximum atomic E-state index is 15.1. The van der Waals surface area contributed by atoms with Crippen molar-refractivity contribution in [2.24, 2.45) is 0 Å². The van der Waals surface area contributed by atoms with Crippen molar-refractivity contribution in [3.63, 3.8) is 0 Å². The van der Waals surface area contributed by atoms with E-state index in [2.05, 4.69) is 5.32 Å². The number of amides is 2. The van der Waals surface area contributed by atoms with Gasteiger partial charge in [0, 0.05) is 11.8 Å². The minimum absolute atomic E-state index is 0.206. The molecule has 12 heteroatoms. The topological polar surface area (TPSA) is 85.7 Å². The van der Waals surface area contributed by atoms with Gasteiger partial charge in [0.05, 0.1) is 29.4 Å². The van der Waals surface area contributed by atoms with Crippen molar-refractivity contribution in [1.29, 1.82) is 5.26 Å². The van der Waals surface area contributed by atoms with Crippen molar-refractivity contribution < 1.29 is 31.9 Å². The molecule has 1 fully saturated rings. The van der Waals surface area contributed by atoms with E-state index in [1.54, 1.807) is 0 Å². The molecule has 0 aromatic heterocycles. The van der Waals surface area contributed by atoms with E-state index < -0.39 is 40.3 Å². The molecule has 4 rings (SSSR count). The van der Waals surface area contributed by atoms with Crippen LogP contribution in [0.5, 0.6) is 5.75 Å². The third kappa shape index (κ3) is 3.52. The Labute approximate surface area is 196 Å². The van der Waals surface area contributed by atoms with Crippen LogP contribution in [0.2, 0.25) is 0 Å². The van der Waals surface area contributed by atoms with Gasteiger partial charge in [-0.2, -0.15) is 18.4 Å². The van der Waals surface area contributed by atoms with E-state index in [0.29, 0.717) is 17.1 Å². The molecule has 0 atom stereocenters. The summed E-state index contributed by atoms with van der Waals surface area (Å²) in [4.78, 5) is 27.5. The van der Waals surface area contributed by atoms with Crippen molar-refractivity contribution in [3.8, 4) is 11.8 Å². The van der Waals surface area contributed by atoms with Crippen LogP contribution in [-0.2, 0) is 11.0 Å². The van der Waals surface area contributed by atoms with Gasteiger partial charge in [-0.05, 0) is 50.3 Å². The van der Waals surface area contributed by atoms with Crippen LogP contribution in [0.4, 0.5) is 28.9 Å². The SMILES string of the molecule is CC1(C)C(=O)N(c2ccc(C#N)c(C(F)(F)F)c2F)C(=S)N1c1ccc2c(c1)OCCNC2=O. The molecule has 0 unspecified atom stereocenters. The molecule has 2 aromatic carbocycles. The van der Waals surface area contributed by atoms with Gasteiger partial charge >= 0.3 is 6.18 Å². The van der Waals surface area contributed by atoms with Crippen molar-refractivity contribution in [2.45, 2.75) is 25.6 Å². The number of carbonyl (C=O) groups excluding carboxylic acids is 2. The maximum absolute atomic E-state index is 15.1. The highest BCUT2D eigenvalue weighted by atomic mass is 32.1. The van der Waals surface area contributed by atoms with Gasteiger partial charge in [-0.3, -0.25) is 14.5 Å². The smallest absolute Gasteiger partial charge is 0.420 e. The summed E-state index contributed by atoms with van der Waals surface area (Å²) >= 11 is 5.41. The number of fused-ring (bicyclic) bond motifs is 1. The first kappa shape index (κ1) is 23.4. The molecule has 34 heavy (non-hydrogen) atoms. The van der Waals surface area contributed by atoms with E-state index in [0.717, 1.165) is 12.1 Å². The van der Waals surface area contributed by atoms with Crippen molar-refractivity contribution in [2.75, 3.05) is 23.0 Å². The lowest BCUT2D eigenvalue weighted by molar-refractivity contribution is -0.140. The minimum Gasteiger partial charge on any atom is -0.491 e. The summed E-state index contributed by atoms with van der Waals surface area (Å²) in [5.74, 6) is -2.66. The zero-order valence-corrected chi connectivity index (χ0v) is 18.6. The zero-order chi connectivity index (χ0) is 25.0. The lowest BCUT2D eigenvalue weighted by atomic mass is 10.0. The summed E-state index contributed by atoms with van der Waals surface area (Å²) < 4.78 is 61.2. The second kappa shape index (κ2) is 7.95. The molecule has 7 nitrogen and oxygen atoms in total. The lowest BCUT2D eigenvalue weighted by Gasteiger charge is -2.29. The van der Waals surface area contributed by atoms with E-state index in [-0.39, 0.29) is 28.9 Å². The Hall–Kier alpha value is -3.72. The van der Waals surface area contributed by atoms with Gasteiger partial charge < -0.3 is 15.0 Å². The highest BCUT2D eigenvalue weighted by Gasteiger charge is 2.52. The minimum atomic E-state index is -5.17. The Morgan fingerprint density at radius 1 is 1.21 bits per heavy atom. The summed E-state index contributed by atoms with van der Waals surface area (Å²) in [5, 5.41) is 11.4. The Morgan fingerprint density at radius 3 is 2.56 bits per heavy atom. The number of hydrogen-bond donors (Lipinski definition) is 1. The predicted octanol–water partition coefficient (Wildman–Crippen LogP) is 3.76. The summed E-state index contributed by atoms with van der Waals surface area (Å²) in [6.07, 6.45) is -5.17. The van der Waals surface area contributed by atoms with Crippen molar-refractivity contribution >= 4 is 40.5 Å². The van der Waals surface area contributed by atoms with Crippen LogP contribution in [0.25, 0.3) is 0 Å². The fourth-order valence-electron chi connectivity index (χ4n) is 3.93. The molecule has 2 aliphatic heterocycles. The molecule has 0 radical (unpaired) electrons. The number of alkyl halides is 3. The number of halogens is 4. The Morgan fingerprint density at radius 2 is 1.91 bits per heavy atom. The van der Waals surface area contributed by atoms with E-state index in [4.69, 9.17) is 22.2 Å². The number of anilines is 2. The number of benzene rings is 2. The van der Waals surface area contributed by atoms with Crippen LogP contribution in [0.3, 0.4) is 0 Å². The predicted molar refractivity (Wildman–Crippen MR) is 117 cm³/mol. The fraction of sp³-hybridized carbons (Fsp3) is 0.273. The van der Waals surface area contributed by atoms with Crippen LogP contribution in [0.15, 0.2) is 30.3 Å². The molecule has 2 aliphatic rings. The molecule has 2 heterocycles. The fourth-order valence-corrected chi connectivity index (χ4v) is 4.44. The van der Waals surface area contributed by atoms with Crippen LogP contribution in [0, 0.1) is 17.1 Å². The molecule has 0 spiro atoms. The Bertz CT molecular complexity index is 1290. The number of thiocarbonyl (C=S) groups is 1. The number of hydrogen-bond acceptors (Lipinski definition) is 5. The molecule has 0 bridgehead atoms. The van der Waals surface area contributed by atoms with Crippen LogP contribution in [0.1, 0.15) is 35.3 Å². The average molecular weight is 492 g/mol. The van der Waals surface area contributed by atoms with Gasteiger partial charge in [0.25, 0.3) is 11.8 Å². The Kier molecular flexibility index (Phi) is 5.48. The highest BCUT2D eigenvalue weighted by Crippen LogP contribution is 2.42. The van der Waals surface area contributed by atoms with Crippen LogP contribution in [-0.4, -0.2) is 35.6 Å². The average Bonchev–Trinajstić information content (AvgIpc) is 2.86.